The van der Waals surface area contributed by atoms with Gasteiger partial charge in [-0.2, -0.15) is 0 Å². The topological polar surface area (TPSA) is 78.4 Å². The quantitative estimate of drug-likeness (QED) is 0.709. The number of carbonyl (C=O) groups excluding carboxylic acids is 1. The van der Waals surface area contributed by atoms with Gasteiger partial charge in [0.05, 0.1) is 5.41 Å². The van der Waals surface area contributed by atoms with E-state index in [4.69, 9.17) is 0 Å². The van der Waals surface area contributed by atoms with Crippen molar-refractivity contribution in [2.75, 3.05) is 19.6 Å². The molecule has 114 valence electrons. The molecule has 1 atom stereocenters. The van der Waals surface area contributed by atoms with Crippen molar-refractivity contribution >= 4 is 11.9 Å². The minimum atomic E-state index is -0.761. The Bertz CT molecular complexity index is 371. The summed E-state index contributed by atoms with van der Waals surface area (Å²) in [4.78, 5) is 23.7. The lowest BCUT2D eigenvalue weighted by molar-refractivity contribution is -0.151. The van der Waals surface area contributed by atoms with Crippen LogP contribution in [-0.2, 0) is 9.59 Å². The Morgan fingerprint density at radius 1 is 1.35 bits per heavy atom. The highest BCUT2D eigenvalue weighted by molar-refractivity contribution is 5.81. The number of hydrogen-bond acceptors (Lipinski definition) is 3. The van der Waals surface area contributed by atoms with Gasteiger partial charge in [0.1, 0.15) is 0 Å². The highest BCUT2D eigenvalue weighted by Gasteiger charge is 2.42. The van der Waals surface area contributed by atoms with Crippen LogP contribution in [0.1, 0.15) is 39.5 Å². The number of aliphatic carboxylic acids is 1. The molecule has 0 aromatic heterocycles. The third-order valence-electron chi connectivity index (χ3n) is 5.22. The first-order valence-corrected chi connectivity index (χ1v) is 7.66. The number of rotatable bonds is 5. The SMILES string of the molecule is CC1CCC(CNC(=O)C(C)C2CNC2)(C(=O)O)CC1. The van der Waals surface area contributed by atoms with E-state index in [0.717, 1.165) is 25.9 Å². The fraction of sp³-hybridized carbons (Fsp3) is 0.867. The Morgan fingerprint density at radius 3 is 2.40 bits per heavy atom. The molecule has 0 aromatic carbocycles. The van der Waals surface area contributed by atoms with Crippen LogP contribution in [0.3, 0.4) is 0 Å². The van der Waals surface area contributed by atoms with E-state index in [0.29, 0.717) is 24.7 Å². The predicted molar refractivity (Wildman–Crippen MR) is 76.2 cm³/mol. The van der Waals surface area contributed by atoms with E-state index >= 15 is 0 Å². The highest BCUT2D eigenvalue weighted by atomic mass is 16.4. The highest BCUT2D eigenvalue weighted by Crippen LogP contribution is 2.38. The van der Waals surface area contributed by atoms with Gasteiger partial charge in [-0.3, -0.25) is 9.59 Å². The molecule has 1 aliphatic heterocycles. The average Bonchev–Trinajstić information content (AvgIpc) is 2.35. The van der Waals surface area contributed by atoms with Gasteiger partial charge in [0, 0.05) is 12.5 Å². The first-order chi connectivity index (χ1) is 9.44. The van der Waals surface area contributed by atoms with Crippen LogP contribution >= 0.6 is 0 Å². The summed E-state index contributed by atoms with van der Waals surface area (Å²) in [6, 6.07) is 0. The second kappa shape index (κ2) is 6.12. The van der Waals surface area contributed by atoms with Crippen molar-refractivity contribution in [3.05, 3.63) is 0 Å². The van der Waals surface area contributed by atoms with Crippen molar-refractivity contribution in [3.63, 3.8) is 0 Å². The molecule has 2 aliphatic rings. The summed E-state index contributed by atoms with van der Waals surface area (Å²) in [5.41, 5.74) is -0.750. The zero-order chi connectivity index (χ0) is 14.8. The van der Waals surface area contributed by atoms with Crippen LogP contribution in [0, 0.1) is 23.2 Å². The fourth-order valence-electron chi connectivity index (χ4n) is 3.08. The summed E-state index contributed by atoms with van der Waals surface area (Å²) in [7, 11) is 0. The largest absolute Gasteiger partial charge is 0.481 e. The van der Waals surface area contributed by atoms with Crippen molar-refractivity contribution in [1.82, 2.24) is 10.6 Å². The average molecular weight is 282 g/mol. The third kappa shape index (κ3) is 3.14. The van der Waals surface area contributed by atoms with Crippen LogP contribution in [0.4, 0.5) is 0 Å². The molecule has 20 heavy (non-hydrogen) atoms. The Hall–Kier alpha value is -1.10. The minimum Gasteiger partial charge on any atom is -0.481 e. The summed E-state index contributed by atoms with van der Waals surface area (Å²) >= 11 is 0. The number of amides is 1. The zero-order valence-electron chi connectivity index (χ0n) is 12.4. The van der Waals surface area contributed by atoms with Crippen molar-refractivity contribution in [3.8, 4) is 0 Å². The van der Waals surface area contributed by atoms with Gasteiger partial charge in [-0.15, -0.1) is 0 Å². The van der Waals surface area contributed by atoms with E-state index in [2.05, 4.69) is 17.6 Å². The number of carboxylic acids is 1. The van der Waals surface area contributed by atoms with Gasteiger partial charge >= 0.3 is 5.97 Å². The lowest BCUT2D eigenvalue weighted by atomic mass is 9.70. The summed E-state index contributed by atoms with van der Waals surface area (Å²) in [6.45, 7) is 6.14. The fourth-order valence-corrected chi connectivity index (χ4v) is 3.08. The molecule has 1 saturated heterocycles. The summed E-state index contributed by atoms with van der Waals surface area (Å²) in [6.07, 6.45) is 3.21. The molecular weight excluding hydrogens is 256 g/mol. The normalized spacial score (nSPS) is 32.2. The molecular formula is C15H26N2O3. The number of nitrogens with one attached hydrogen (secondary N) is 2. The number of carbonyl (C=O) groups is 2. The van der Waals surface area contributed by atoms with Crippen molar-refractivity contribution in [2.45, 2.75) is 39.5 Å². The number of carboxylic acid groups (broad SMARTS) is 1. The second-order valence-electron chi connectivity index (χ2n) is 6.69. The van der Waals surface area contributed by atoms with E-state index in [-0.39, 0.29) is 18.4 Å². The summed E-state index contributed by atoms with van der Waals surface area (Å²) < 4.78 is 0. The Balaban J connectivity index is 1.89. The van der Waals surface area contributed by atoms with Gasteiger partial charge < -0.3 is 15.7 Å². The van der Waals surface area contributed by atoms with Crippen LogP contribution in [0.25, 0.3) is 0 Å². The van der Waals surface area contributed by atoms with Gasteiger partial charge in [-0.1, -0.05) is 13.8 Å². The molecule has 1 heterocycles. The molecule has 5 nitrogen and oxygen atoms in total. The minimum absolute atomic E-state index is 0.00394. The maximum absolute atomic E-state index is 12.1. The van der Waals surface area contributed by atoms with E-state index in [1.54, 1.807) is 0 Å². The molecule has 1 unspecified atom stereocenters. The molecule has 1 saturated carbocycles. The molecule has 0 spiro atoms. The molecule has 1 aliphatic carbocycles. The Morgan fingerprint density at radius 2 is 1.95 bits per heavy atom. The third-order valence-corrected chi connectivity index (χ3v) is 5.22. The van der Waals surface area contributed by atoms with Gasteiger partial charge in [-0.05, 0) is 50.6 Å². The molecule has 3 N–H and O–H groups in total. The Kier molecular flexibility index (Phi) is 4.68. The molecule has 0 radical (unpaired) electrons. The molecule has 2 rings (SSSR count). The van der Waals surface area contributed by atoms with Gasteiger partial charge in [0.2, 0.25) is 5.91 Å². The van der Waals surface area contributed by atoms with Gasteiger partial charge in [-0.25, -0.2) is 0 Å². The maximum atomic E-state index is 12.1. The first-order valence-electron chi connectivity index (χ1n) is 7.66. The van der Waals surface area contributed by atoms with Crippen molar-refractivity contribution in [1.29, 1.82) is 0 Å². The monoisotopic (exact) mass is 282 g/mol. The van der Waals surface area contributed by atoms with Crippen molar-refractivity contribution < 1.29 is 14.7 Å². The van der Waals surface area contributed by atoms with Crippen LogP contribution in [0.15, 0.2) is 0 Å². The first kappa shape index (κ1) is 15.3. The lowest BCUT2D eigenvalue weighted by Gasteiger charge is -2.37. The van der Waals surface area contributed by atoms with E-state index < -0.39 is 11.4 Å². The van der Waals surface area contributed by atoms with E-state index in [1.165, 1.54) is 0 Å². The van der Waals surface area contributed by atoms with Crippen molar-refractivity contribution in [2.24, 2.45) is 23.2 Å². The summed E-state index contributed by atoms with van der Waals surface area (Å²) in [5, 5.41) is 15.6. The second-order valence-corrected chi connectivity index (χ2v) is 6.69. The van der Waals surface area contributed by atoms with E-state index in [9.17, 15) is 14.7 Å². The zero-order valence-corrected chi connectivity index (χ0v) is 12.4. The van der Waals surface area contributed by atoms with Crippen LogP contribution in [0.5, 0.6) is 0 Å². The molecule has 5 heteroatoms. The summed E-state index contributed by atoms with van der Waals surface area (Å²) in [5.74, 6) is 0.184. The Labute approximate surface area is 120 Å². The molecule has 0 aromatic rings. The van der Waals surface area contributed by atoms with Gasteiger partial charge in [0.25, 0.3) is 0 Å². The standard InChI is InChI=1S/C15H26N2O3/c1-10-3-5-15(6-4-10,14(19)20)9-17-13(18)11(2)12-7-16-8-12/h10-12,16H,3-9H2,1-2H3,(H,17,18)(H,19,20). The lowest BCUT2D eigenvalue weighted by Crippen LogP contribution is -2.52. The molecule has 0 bridgehead atoms. The molecule has 1 amide bonds. The van der Waals surface area contributed by atoms with E-state index in [1.807, 2.05) is 6.92 Å². The molecule has 2 fully saturated rings. The van der Waals surface area contributed by atoms with Crippen LogP contribution < -0.4 is 10.6 Å². The predicted octanol–water partition coefficient (Wildman–Crippen LogP) is 1.24. The smallest absolute Gasteiger partial charge is 0.311 e. The van der Waals surface area contributed by atoms with Crippen LogP contribution in [-0.4, -0.2) is 36.6 Å². The number of hydrogen-bond donors (Lipinski definition) is 3. The van der Waals surface area contributed by atoms with Gasteiger partial charge in [0.15, 0.2) is 0 Å². The maximum Gasteiger partial charge on any atom is 0.311 e. The van der Waals surface area contributed by atoms with Crippen LogP contribution in [0.2, 0.25) is 0 Å².